The van der Waals surface area contributed by atoms with E-state index in [1.54, 1.807) is 7.11 Å². The lowest BCUT2D eigenvalue weighted by Gasteiger charge is -2.13. The highest BCUT2D eigenvalue weighted by atomic mass is 16.5. The molecule has 6 nitrogen and oxygen atoms in total. The SMILES string of the molecule is COc1ccc(C)cc1COC(=O)C1=NNC(=O)CC1. The van der Waals surface area contributed by atoms with Crippen molar-refractivity contribution in [3.63, 3.8) is 0 Å². The molecule has 20 heavy (non-hydrogen) atoms. The third kappa shape index (κ3) is 3.34. The van der Waals surface area contributed by atoms with Gasteiger partial charge in [-0.05, 0) is 19.1 Å². The van der Waals surface area contributed by atoms with Crippen LogP contribution in [0.1, 0.15) is 24.0 Å². The summed E-state index contributed by atoms with van der Waals surface area (Å²) >= 11 is 0. The van der Waals surface area contributed by atoms with Gasteiger partial charge >= 0.3 is 5.97 Å². The van der Waals surface area contributed by atoms with Crippen molar-refractivity contribution in [3.05, 3.63) is 29.3 Å². The molecular weight excluding hydrogens is 260 g/mol. The molecule has 1 amide bonds. The fraction of sp³-hybridized carbons (Fsp3) is 0.357. The Bertz CT molecular complexity index is 566. The number of hydrogen-bond acceptors (Lipinski definition) is 5. The Labute approximate surface area is 116 Å². The maximum absolute atomic E-state index is 11.8. The lowest BCUT2D eigenvalue weighted by molar-refractivity contribution is -0.137. The summed E-state index contributed by atoms with van der Waals surface area (Å²) in [5.41, 5.74) is 4.35. The molecule has 0 radical (unpaired) electrons. The number of carbonyl (C=O) groups is 2. The van der Waals surface area contributed by atoms with E-state index in [1.807, 2.05) is 25.1 Å². The number of carbonyl (C=O) groups excluding carboxylic acids is 2. The van der Waals surface area contributed by atoms with Gasteiger partial charge in [-0.2, -0.15) is 5.10 Å². The van der Waals surface area contributed by atoms with Crippen LogP contribution in [0.5, 0.6) is 5.75 Å². The largest absolute Gasteiger partial charge is 0.496 e. The zero-order valence-corrected chi connectivity index (χ0v) is 11.4. The van der Waals surface area contributed by atoms with Crippen molar-refractivity contribution in [2.45, 2.75) is 26.4 Å². The van der Waals surface area contributed by atoms with Crippen molar-refractivity contribution in [2.24, 2.45) is 5.10 Å². The summed E-state index contributed by atoms with van der Waals surface area (Å²) in [6, 6.07) is 5.65. The van der Waals surface area contributed by atoms with Gasteiger partial charge in [0.15, 0.2) is 0 Å². The molecule has 106 valence electrons. The average Bonchev–Trinajstić information content (AvgIpc) is 2.45. The molecule has 0 unspecified atom stereocenters. The molecule has 0 aromatic heterocycles. The van der Waals surface area contributed by atoms with Crippen LogP contribution in [0.15, 0.2) is 23.3 Å². The first-order valence-corrected chi connectivity index (χ1v) is 6.26. The zero-order valence-electron chi connectivity index (χ0n) is 11.4. The van der Waals surface area contributed by atoms with Gasteiger partial charge in [-0.1, -0.05) is 11.6 Å². The van der Waals surface area contributed by atoms with Crippen LogP contribution in [-0.4, -0.2) is 24.7 Å². The van der Waals surface area contributed by atoms with Crippen molar-refractivity contribution in [1.29, 1.82) is 0 Å². The van der Waals surface area contributed by atoms with Gasteiger partial charge in [0.1, 0.15) is 18.1 Å². The summed E-state index contributed by atoms with van der Waals surface area (Å²) in [4.78, 5) is 22.8. The molecule has 0 saturated carbocycles. The Morgan fingerprint density at radius 1 is 1.40 bits per heavy atom. The van der Waals surface area contributed by atoms with Crippen LogP contribution in [0, 0.1) is 6.92 Å². The number of rotatable bonds is 4. The van der Waals surface area contributed by atoms with Crippen LogP contribution in [0.2, 0.25) is 0 Å². The molecule has 1 aliphatic rings. The molecule has 1 heterocycles. The highest BCUT2D eigenvalue weighted by Crippen LogP contribution is 2.20. The average molecular weight is 276 g/mol. The molecule has 0 fully saturated rings. The van der Waals surface area contributed by atoms with Gasteiger partial charge in [-0.15, -0.1) is 0 Å². The number of methoxy groups -OCH3 is 1. The van der Waals surface area contributed by atoms with Crippen LogP contribution in [0.4, 0.5) is 0 Å². The van der Waals surface area contributed by atoms with Gasteiger partial charge in [0.25, 0.3) is 0 Å². The molecule has 1 N–H and O–H groups in total. The Morgan fingerprint density at radius 2 is 2.20 bits per heavy atom. The van der Waals surface area contributed by atoms with Crippen molar-refractivity contribution >= 4 is 17.6 Å². The molecule has 0 aliphatic carbocycles. The minimum atomic E-state index is -0.520. The summed E-state index contributed by atoms with van der Waals surface area (Å²) in [7, 11) is 1.57. The second-order valence-electron chi connectivity index (χ2n) is 4.48. The second kappa shape index (κ2) is 6.18. The van der Waals surface area contributed by atoms with E-state index in [2.05, 4.69) is 10.5 Å². The number of amides is 1. The Kier molecular flexibility index (Phi) is 4.34. The van der Waals surface area contributed by atoms with Crippen molar-refractivity contribution in [1.82, 2.24) is 5.43 Å². The molecule has 0 bridgehead atoms. The molecule has 2 rings (SSSR count). The topological polar surface area (TPSA) is 77.0 Å². The van der Waals surface area contributed by atoms with E-state index in [1.165, 1.54) is 0 Å². The van der Waals surface area contributed by atoms with Gasteiger partial charge in [0.2, 0.25) is 5.91 Å². The summed E-state index contributed by atoms with van der Waals surface area (Å²) in [6.07, 6.45) is 0.553. The minimum Gasteiger partial charge on any atom is -0.496 e. The lowest BCUT2D eigenvalue weighted by Crippen LogP contribution is -2.30. The number of ether oxygens (including phenoxy) is 2. The number of aryl methyl sites for hydroxylation is 1. The normalized spacial score (nSPS) is 14.3. The Balaban J connectivity index is 2.00. The van der Waals surface area contributed by atoms with E-state index in [4.69, 9.17) is 9.47 Å². The smallest absolute Gasteiger partial charge is 0.354 e. The van der Waals surface area contributed by atoms with Crippen LogP contribution in [0.25, 0.3) is 0 Å². The van der Waals surface area contributed by atoms with E-state index < -0.39 is 5.97 Å². The summed E-state index contributed by atoms with van der Waals surface area (Å²) < 4.78 is 10.4. The van der Waals surface area contributed by atoms with Crippen LogP contribution in [-0.2, 0) is 20.9 Å². The molecule has 1 aromatic carbocycles. The minimum absolute atomic E-state index is 0.108. The summed E-state index contributed by atoms with van der Waals surface area (Å²) in [5, 5.41) is 3.69. The molecule has 0 atom stereocenters. The monoisotopic (exact) mass is 276 g/mol. The van der Waals surface area contributed by atoms with E-state index in [0.29, 0.717) is 12.2 Å². The predicted octanol–water partition coefficient (Wildman–Crippen LogP) is 1.31. The van der Waals surface area contributed by atoms with E-state index >= 15 is 0 Å². The quantitative estimate of drug-likeness (QED) is 0.841. The fourth-order valence-corrected chi connectivity index (χ4v) is 1.87. The molecule has 6 heteroatoms. The maximum atomic E-state index is 11.8. The van der Waals surface area contributed by atoms with Gasteiger partial charge in [-0.3, -0.25) is 4.79 Å². The van der Waals surface area contributed by atoms with Gasteiger partial charge in [-0.25, -0.2) is 10.2 Å². The van der Waals surface area contributed by atoms with Crippen LogP contribution in [0.3, 0.4) is 0 Å². The first-order valence-electron chi connectivity index (χ1n) is 6.26. The Morgan fingerprint density at radius 3 is 2.85 bits per heavy atom. The zero-order chi connectivity index (χ0) is 14.5. The molecular formula is C14H16N2O4. The number of benzene rings is 1. The third-order valence-corrected chi connectivity index (χ3v) is 2.93. The molecule has 0 saturated heterocycles. The van der Waals surface area contributed by atoms with E-state index in [0.717, 1.165) is 11.1 Å². The van der Waals surface area contributed by atoms with Gasteiger partial charge in [0, 0.05) is 18.4 Å². The first kappa shape index (κ1) is 14.0. The number of hydrazone groups is 1. The van der Waals surface area contributed by atoms with Gasteiger partial charge < -0.3 is 9.47 Å². The van der Waals surface area contributed by atoms with Crippen molar-refractivity contribution in [3.8, 4) is 5.75 Å². The number of nitrogens with zero attached hydrogens (tertiary/aromatic N) is 1. The van der Waals surface area contributed by atoms with Gasteiger partial charge in [0.05, 0.1) is 7.11 Å². The fourth-order valence-electron chi connectivity index (χ4n) is 1.87. The van der Waals surface area contributed by atoms with E-state index in [-0.39, 0.29) is 24.6 Å². The Hall–Kier alpha value is -2.37. The van der Waals surface area contributed by atoms with Crippen molar-refractivity contribution < 1.29 is 19.1 Å². The van der Waals surface area contributed by atoms with E-state index in [9.17, 15) is 9.59 Å². The standard InChI is InChI=1S/C14H16N2O4/c1-9-3-5-12(19-2)10(7-9)8-20-14(18)11-4-6-13(17)16-15-11/h3,5,7H,4,6,8H2,1-2H3,(H,16,17). The number of esters is 1. The highest BCUT2D eigenvalue weighted by Gasteiger charge is 2.20. The van der Waals surface area contributed by atoms with Crippen LogP contribution >= 0.6 is 0 Å². The maximum Gasteiger partial charge on any atom is 0.354 e. The molecule has 0 spiro atoms. The lowest BCUT2D eigenvalue weighted by atomic mass is 10.1. The number of hydrogen-bond donors (Lipinski definition) is 1. The summed E-state index contributed by atoms with van der Waals surface area (Å²) in [6.45, 7) is 2.06. The predicted molar refractivity (Wildman–Crippen MR) is 72.3 cm³/mol. The molecule has 1 aromatic rings. The van der Waals surface area contributed by atoms with Crippen LogP contribution < -0.4 is 10.2 Å². The first-order chi connectivity index (χ1) is 9.60. The highest BCUT2D eigenvalue weighted by molar-refractivity contribution is 6.37. The van der Waals surface area contributed by atoms with Crippen molar-refractivity contribution in [2.75, 3.05) is 7.11 Å². The third-order valence-electron chi connectivity index (χ3n) is 2.93. The summed E-state index contributed by atoms with van der Waals surface area (Å²) in [5.74, 6) is -0.0438. The molecule has 1 aliphatic heterocycles. The number of nitrogens with one attached hydrogen (secondary N) is 1. The second-order valence-corrected chi connectivity index (χ2v) is 4.48.